The lowest BCUT2D eigenvalue weighted by atomic mass is 10.3. The quantitative estimate of drug-likeness (QED) is 0.902. The van der Waals surface area contributed by atoms with Gasteiger partial charge in [-0.05, 0) is 12.1 Å². The summed E-state index contributed by atoms with van der Waals surface area (Å²) in [5, 5.41) is 9.79. The maximum absolute atomic E-state index is 12.0. The number of morpholine rings is 1. The number of carbonyl (C=O) groups excluding carboxylic acids is 1. The normalized spacial score (nSPS) is 16.0. The first-order valence-electron chi connectivity index (χ1n) is 6.62. The van der Waals surface area contributed by atoms with Crippen LogP contribution >= 0.6 is 22.9 Å². The average Bonchev–Trinajstić information content (AvgIpc) is 3.09. The van der Waals surface area contributed by atoms with E-state index in [0.717, 1.165) is 28.0 Å². The summed E-state index contributed by atoms with van der Waals surface area (Å²) < 4.78 is 5.97. The number of halogens is 1. The zero-order chi connectivity index (χ0) is 14.7. The number of H-pyrrole nitrogens is 1. The summed E-state index contributed by atoms with van der Waals surface area (Å²) >= 11 is 7.37. The smallest absolute Gasteiger partial charge is 0.239 e. The Labute approximate surface area is 131 Å². The molecule has 8 heteroatoms. The summed E-state index contributed by atoms with van der Waals surface area (Å²) in [5.74, 6) is 0.451. The Balaban J connectivity index is 1.57. The van der Waals surface area contributed by atoms with Gasteiger partial charge in [-0.1, -0.05) is 11.6 Å². The van der Waals surface area contributed by atoms with Crippen molar-refractivity contribution in [1.82, 2.24) is 15.1 Å². The van der Waals surface area contributed by atoms with Gasteiger partial charge in [-0.2, -0.15) is 5.10 Å². The van der Waals surface area contributed by atoms with E-state index in [1.807, 2.05) is 12.1 Å². The SMILES string of the molecule is O=C(CN1CCOCC1)Nc1cc(-c2ccc(Cl)s2)[nH]n1. The van der Waals surface area contributed by atoms with Gasteiger partial charge in [-0.25, -0.2) is 0 Å². The summed E-state index contributed by atoms with van der Waals surface area (Å²) in [6, 6.07) is 5.55. The van der Waals surface area contributed by atoms with Crippen LogP contribution in [0.2, 0.25) is 4.34 Å². The molecule has 1 saturated heterocycles. The van der Waals surface area contributed by atoms with Gasteiger partial charge in [0.2, 0.25) is 5.91 Å². The molecule has 0 atom stereocenters. The summed E-state index contributed by atoms with van der Waals surface area (Å²) in [5.41, 5.74) is 0.841. The molecule has 1 amide bonds. The molecule has 2 aromatic rings. The minimum atomic E-state index is -0.0702. The fourth-order valence-corrected chi connectivity index (χ4v) is 3.12. The van der Waals surface area contributed by atoms with Crippen molar-refractivity contribution in [2.45, 2.75) is 0 Å². The van der Waals surface area contributed by atoms with Gasteiger partial charge in [-0.15, -0.1) is 11.3 Å². The lowest BCUT2D eigenvalue weighted by molar-refractivity contribution is -0.118. The third-order valence-electron chi connectivity index (χ3n) is 3.15. The molecule has 1 aliphatic rings. The van der Waals surface area contributed by atoms with Crippen molar-refractivity contribution >= 4 is 34.7 Å². The predicted octanol–water partition coefficient (Wildman–Crippen LogP) is 2.06. The molecular formula is C13H15ClN4O2S. The maximum atomic E-state index is 12.0. The molecule has 0 bridgehead atoms. The first kappa shape index (κ1) is 14.5. The third kappa shape index (κ3) is 3.82. The average molecular weight is 327 g/mol. The molecule has 3 heterocycles. The van der Waals surface area contributed by atoms with Crippen molar-refractivity contribution < 1.29 is 9.53 Å². The van der Waals surface area contributed by atoms with Crippen LogP contribution in [0.5, 0.6) is 0 Å². The summed E-state index contributed by atoms with van der Waals surface area (Å²) in [4.78, 5) is 15.0. The van der Waals surface area contributed by atoms with Crippen molar-refractivity contribution in [2.75, 3.05) is 38.2 Å². The van der Waals surface area contributed by atoms with E-state index in [9.17, 15) is 4.79 Å². The molecule has 0 spiro atoms. The Hall–Kier alpha value is -1.41. The van der Waals surface area contributed by atoms with Crippen LogP contribution in [0, 0.1) is 0 Å². The van der Waals surface area contributed by atoms with E-state index in [1.54, 1.807) is 6.07 Å². The molecule has 3 rings (SSSR count). The number of ether oxygens (including phenoxy) is 1. The predicted molar refractivity (Wildman–Crippen MR) is 82.8 cm³/mol. The minimum absolute atomic E-state index is 0.0702. The number of aromatic amines is 1. The molecule has 21 heavy (non-hydrogen) atoms. The van der Waals surface area contributed by atoms with E-state index < -0.39 is 0 Å². The molecular weight excluding hydrogens is 312 g/mol. The number of carbonyl (C=O) groups is 1. The standard InChI is InChI=1S/C13H15ClN4O2S/c14-11-2-1-10(21-11)9-7-12(17-16-9)15-13(19)8-18-3-5-20-6-4-18/h1-2,7H,3-6,8H2,(H2,15,16,17,19). The van der Waals surface area contributed by atoms with Crippen LogP contribution in [0.15, 0.2) is 18.2 Å². The first-order chi connectivity index (χ1) is 10.2. The van der Waals surface area contributed by atoms with Crippen LogP contribution in [-0.2, 0) is 9.53 Å². The molecule has 0 saturated carbocycles. The largest absolute Gasteiger partial charge is 0.379 e. The van der Waals surface area contributed by atoms with Gasteiger partial charge >= 0.3 is 0 Å². The fraction of sp³-hybridized carbons (Fsp3) is 0.385. The molecule has 112 valence electrons. The summed E-state index contributed by atoms with van der Waals surface area (Å²) in [6.07, 6.45) is 0. The second-order valence-electron chi connectivity index (χ2n) is 4.71. The van der Waals surface area contributed by atoms with E-state index in [1.165, 1.54) is 11.3 Å². The summed E-state index contributed by atoms with van der Waals surface area (Å²) in [7, 11) is 0. The molecule has 0 aromatic carbocycles. The maximum Gasteiger partial charge on any atom is 0.239 e. The number of thiophene rings is 1. The lowest BCUT2D eigenvalue weighted by Crippen LogP contribution is -2.41. The van der Waals surface area contributed by atoms with Crippen LogP contribution in [0.1, 0.15) is 0 Å². The monoisotopic (exact) mass is 326 g/mol. The lowest BCUT2D eigenvalue weighted by Gasteiger charge is -2.25. The second kappa shape index (κ2) is 6.57. The van der Waals surface area contributed by atoms with Gasteiger partial charge in [-0.3, -0.25) is 14.8 Å². The minimum Gasteiger partial charge on any atom is -0.379 e. The van der Waals surface area contributed by atoms with E-state index in [-0.39, 0.29) is 5.91 Å². The number of amides is 1. The van der Waals surface area contributed by atoms with Gasteiger partial charge in [0, 0.05) is 19.2 Å². The molecule has 0 radical (unpaired) electrons. The van der Waals surface area contributed by atoms with Crippen molar-refractivity contribution in [3.63, 3.8) is 0 Å². The second-order valence-corrected chi connectivity index (χ2v) is 6.42. The van der Waals surface area contributed by atoms with E-state index in [0.29, 0.717) is 25.6 Å². The Morgan fingerprint density at radius 1 is 1.48 bits per heavy atom. The van der Waals surface area contributed by atoms with Crippen molar-refractivity contribution in [1.29, 1.82) is 0 Å². The number of rotatable bonds is 4. The molecule has 2 aromatic heterocycles. The van der Waals surface area contributed by atoms with Crippen LogP contribution in [-0.4, -0.2) is 53.9 Å². The van der Waals surface area contributed by atoms with Crippen molar-refractivity contribution in [2.24, 2.45) is 0 Å². The van der Waals surface area contributed by atoms with Gasteiger partial charge < -0.3 is 10.1 Å². The van der Waals surface area contributed by atoms with Gasteiger partial charge in [0.25, 0.3) is 0 Å². The fourth-order valence-electron chi connectivity index (χ4n) is 2.12. The van der Waals surface area contributed by atoms with Crippen molar-refractivity contribution in [3.8, 4) is 10.6 Å². The Bertz CT molecular complexity index is 621. The Morgan fingerprint density at radius 3 is 3.00 bits per heavy atom. The van der Waals surface area contributed by atoms with E-state index in [2.05, 4.69) is 20.4 Å². The third-order valence-corrected chi connectivity index (χ3v) is 4.42. The number of hydrogen-bond donors (Lipinski definition) is 2. The molecule has 0 aliphatic carbocycles. The highest BCUT2D eigenvalue weighted by atomic mass is 35.5. The Kier molecular flexibility index (Phi) is 4.54. The van der Waals surface area contributed by atoms with Gasteiger partial charge in [0.1, 0.15) is 0 Å². The zero-order valence-corrected chi connectivity index (χ0v) is 12.8. The van der Waals surface area contributed by atoms with Gasteiger partial charge in [0.05, 0.1) is 34.7 Å². The van der Waals surface area contributed by atoms with Gasteiger partial charge in [0.15, 0.2) is 5.82 Å². The van der Waals surface area contributed by atoms with Crippen LogP contribution in [0.4, 0.5) is 5.82 Å². The highest BCUT2D eigenvalue weighted by molar-refractivity contribution is 7.19. The molecule has 0 unspecified atom stereocenters. The highest BCUT2D eigenvalue weighted by Crippen LogP contribution is 2.30. The van der Waals surface area contributed by atoms with Crippen LogP contribution < -0.4 is 5.32 Å². The van der Waals surface area contributed by atoms with Crippen LogP contribution in [0.3, 0.4) is 0 Å². The number of nitrogens with zero attached hydrogens (tertiary/aromatic N) is 2. The topological polar surface area (TPSA) is 70.2 Å². The van der Waals surface area contributed by atoms with Crippen molar-refractivity contribution in [3.05, 3.63) is 22.5 Å². The number of aromatic nitrogens is 2. The van der Waals surface area contributed by atoms with Crippen LogP contribution in [0.25, 0.3) is 10.6 Å². The highest BCUT2D eigenvalue weighted by Gasteiger charge is 2.15. The first-order valence-corrected chi connectivity index (χ1v) is 7.81. The molecule has 1 aliphatic heterocycles. The molecule has 6 nitrogen and oxygen atoms in total. The zero-order valence-electron chi connectivity index (χ0n) is 11.3. The van der Waals surface area contributed by atoms with E-state index >= 15 is 0 Å². The number of hydrogen-bond acceptors (Lipinski definition) is 5. The summed E-state index contributed by atoms with van der Waals surface area (Å²) in [6.45, 7) is 3.29. The Morgan fingerprint density at radius 2 is 2.29 bits per heavy atom. The number of anilines is 1. The molecule has 2 N–H and O–H groups in total. The van der Waals surface area contributed by atoms with E-state index in [4.69, 9.17) is 16.3 Å². The number of nitrogens with one attached hydrogen (secondary N) is 2. The molecule has 1 fully saturated rings.